The number of hydrogen-bond acceptors (Lipinski definition) is 2. The van der Waals surface area contributed by atoms with Crippen molar-refractivity contribution in [3.63, 3.8) is 0 Å². The Hall–Kier alpha value is -0.340. The lowest BCUT2D eigenvalue weighted by Crippen LogP contribution is -2.28. The summed E-state index contributed by atoms with van der Waals surface area (Å²) in [7, 11) is 0. The normalized spacial score (nSPS) is 30.0. The molecule has 2 rings (SSSR count). The lowest BCUT2D eigenvalue weighted by atomic mass is 9.95. The van der Waals surface area contributed by atoms with E-state index >= 15 is 0 Å². The van der Waals surface area contributed by atoms with E-state index in [1.807, 2.05) is 11.3 Å². The molecule has 0 saturated heterocycles. The fourth-order valence-electron chi connectivity index (χ4n) is 1.65. The van der Waals surface area contributed by atoms with E-state index in [2.05, 4.69) is 30.6 Å². The van der Waals surface area contributed by atoms with Crippen LogP contribution in [0, 0.1) is 0 Å². The average molecular weight is 167 g/mol. The number of thiophene rings is 1. The van der Waals surface area contributed by atoms with Gasteiger partial charge in [0.25, 0.3) is 0 Å². The molecule has 0 unspecified atom stereocenters. The molecule has 0 spiro atoms. The second kappa shape index (κ2) is 2.61. The minimum absolute atomic E-state index is 0.571. The molecule has 0 radical (unpaired) electrons. The Bertz CT molecular complexity index is 229. The zero-order chi connectivity index (χ0) is 7.84. The smallest absolute Gasteiger partial charge is 0.0389 e. The van der Waals surface area contributed by atoms with E-state index in [1.54, 1.807) is 5.56 Å². The summed E-state index contributed by atoms with van der Waals surface area (Å²) in [5, 5.41) is 5.68. The molecule has 0 saturated carbocycles. The Morgan fingerprint density at radius 2 is 2.36 bits per heavy atom. The van der Waals surface area contributed by atoms with Crippen molar-refractivity contribution in [2.45, 2.75) is 25.8 Å². The summed E-state index contributed by atoms with van der Waals surface area (Å²) in [6, 6.07) is 2.84. The summed E-state index contributed by atoms with van der Waals surface area (Å²) < 4.78 is 0. The van der Waals surface area contributed by atoms with Crippen LogP contribution in [0.1, 0.15) is 36.2 Å². The van der Waals surface area contributed by atoms with Crippen molar-refractivity contribution in [2.24, 2.45) is 0 Å². The molecule has 2 atom stereocenters. The van der Waals surface area contributed by atoms with E-state index in [0.717, 1.165) is 6.54 Å². The number of nitrogens with one attached hydrogen (secondary N) is 1. The van der Waals surface area contributed by atoms with Gasteiger partial charge in [-0.25, -0.2) is 0 Å². The fraction of sp³-hybridized carbons (Fsp3) is 0.556. The Kier molecular flexibility index (Phi) is 1.74. The first-order valence-electron chi connectivity index (χ1n) is 4.09. The van der Waals surface area contributed by atoms with Gasteiger partial charge in [-0.1, -0.05) is 6.92 Å². The third-order valence-corrected chi connectivity index (χ3v) is 3.50. The summed E-state index contributed by atoms with van der Waals surface area (Å²) in [5.74, 6) is 0.701. The quantitative estimate of drug-likeness (QED) is 0.626. The lowest BCUT2D eigenvalue weighted by molar-refractivity contribution is 0.504. The molecule has 2 heterocycles. The molecule has 1 aliphatic rings. The minimum atomic E-state index is 0.571. The molecule has 0 bridgehead atoms. The molecule has 2 heteroatoms. The molecule has 60 valence electrons. The largest absolute Gasteiger partial charge is 0.309 e. The maximum absolute atomic E-state index is 3.48. The predicted octanol–water partition coefficient (Wildman–Crippen LogP) is 2.52. The van der Waals surface area contributed by atoms with Crippen LogP contribution in [-0.2, 0) is 0 Å². The van der Waals surface area contributed by atoms with Gasteiger partial charge in [0.05, 0.1) is 0 Å². The first-order valence-corrected chi connectivity index (χ1v) is 4.97. The van der Waals surface area contributed by atoms with Gasteiger partial charge in [0, 0.05) is 17.5 Å². The Labute approximate surface area is 71.4 Å². The zero-order valence-electron chi connectivity index (χ0n) is 6.92. The maximum atomic E-state index is 3.48. The third-order valence-electron chi connectivity index (χ3n) is 2.38. The molecule has 0 aliphatic carbocycles. The minimum Gasteiger partial charge on any atom is -0.309 e. The van der Waals surface area contributed by atoms with Crippen molar-refractivity contribution in [3.8, 4) is 0 Å². The van der Waals surface area contributed by atoms with Crippen molar-refractivity contribution < 1.29 is 0 Å². The van der Waals surface area contributed by atoms with Crippen molar-refractivity contribution in [1.29, 1.82) is 0 Å². The van der Waals surface area contributed by atoms with Gasteiger partial charge in [-0.3, -0.25) is 0 Å². The second-order valence-electron chi connectivity index (χ2n) is 3.27. The van der Waals surface area contributed by atoms with Gasteiger partial charge in [-0.2, -0.15) is 0 Å². The summed E-state index contributed by atoms with van der Waals surface area (Å²) in [6.45, 7) is 5.65. The van der Waals surface area contributed by atoms with E-state index in [-0.39, 0.29) is 0 Å². The van der Waals surface area contributed by atoms with Gasteiger partial charge in [-0.15, -0.1) is 11.3 Å². The first-order chi connectivity index (χ1) is 5.29. The van der Waals surface area contributed by atoms with Gasteiger partial charge in [0.1, 0.15) is 0 Å². The maximum Gasteiger partial charge on any atom is 0.0389 e. The highest BCUT2D eigenvalue weighted by Gasteiger charge is 2.21. The topological polar surface area (TPSA) is 12.0 Å². The molecule has 1 aromatic rings. The Balaban J connectivity index is 2.43. The predicted molar refractivity (Wildman–Crippen MR) is 49.2 cm³/mol. The molecule has 1 aromatic heterocycles. The van der Waals surface area contributed by atoms with Gasteiger partial charge in [0.2, 0.25) is 0 Å². The highest BCUT2D eigenvalue weighted by Crippen LogP contribution is 2.33. The van der Waals surface area contributed by atoms with E-state index in [9.17, 15) is 0 Å². The molecule has 1 nitrogen and oxygen atoms in total. The van der Waals surface area contributed by atoms with Crippen LogP contribution in [-0.4, -0.2) is 6.54 Å². The summed E-state index contributed by atoms with van der Waals surface area (Å²) in [6.07, 6.45) is 0. The summed E-state index contributed by atoms with van der Waals surface area (Å²) in [4.78, 5) is 1.53. The van der Waals surface area contributed by atoms with E-state index < -0.39 is 0 Å². The lowest BCUT2D eigenvalue weighted by Gasteiger charge is -2.25. The standard InChI is InChI=1S/C9H13NS/c1-6-5-10-7(2)9-8(6)3-4-11-9/h3-4,6-7,10H,5H2,1-2H3/t6-,7+/m1/s1. The zero-order valence-corrected chi connectivity index (χ0v) is 7.74. The van der Waals surface area contributed by atoms with Crippen LogP contribution in [0.4, 0.5) is 0 Å². The van der Waals surface area contributed by atoms with Gasteiger partial charge in [-0.05, 0) is 29.9 Å². The van der Waals surface area contributed by atoms with E-state index in [4.69, 9.17) is 0 Å². The highest BCUT2D eigenvalue weighted by atomic mass is 32.1. The summed E-state index contributed by atoms with van der Waals surface area (Å²) in [5.41, 5.74) is 1.56. The van der Waals surface area contributed by atoms with Crippen molar-refractivity contribution in [3.05, 3.63) is 21.9 Å². The van der Waals surface area contributed by atoms with Crippen LogP contribution in [0.2, 0.25) is 0 Å². The Morgan fingerprint density at radius 1 is 1.55 bits per heavy atom. The van der Waals surface area contributed by atoms with Crippen molar-refractivity contribution >= 4 is 11.3 Å². The molecule has 0 fully saturated rings. The van der Waals surface area contributed by atoms with Crippen LogP contribution < -0.4 is 5.32 Å². The molecule has 1 aliphatic heterocycles. The van der Waals surface area contributed by atoms with Gasteiger partial charge in [0.15, 0.2) is 0 Å². The van der Waals surface area contributed by atoms with E-state index in [1.165, 1.54) is 4.88 Å². The molecule has 1 N–H and O–H groups in total. The van der Waals surface area contributed by atoms with Gasteiger partial charge >= 0.3 is 0 Å². The number of fused-ring (bicyclic) bond motifs is 1. The van der Waals surface area contributed by atoms with Crippen LogP contribution in [0.3, 0.4) is 0 Å². The van der Waals surface area contributed by atoms with Crippen LogP contribution in [0.15, 0.2) is 11.4 Å². The number of rotatable bonds is 0. The van der Waals surface area contributed by atoms with Crippen LogP contribution in [0.5, 0.6) is 0 Å². The molecular weight excluding hydrogens is 154 g/mol. The molecule has 11 heavy (non-hydrogen) atoms. The molecule has 0 amide bonds. The first kappa shape index (κ1) is 7.32. The van der Waals surface area contributed by atoms with Crippen LogP contribution in [0.25, 0.3) is 0 Å². The number of hydrogen-bond donors (Lipinski definition) is 1. The second-order valence-corrected chi connectivity index (χ2v) is 4.22. The summed E-state index contributed by atoms with van der Waals surface area (Å²) >= 11 is 1.87. The van der Waals surface area contributed by atoms with Crippen molar-refractivity contribution in [2.75, 3.05) is 6.54 Å². The monoisotopic (exact) mass is 167 g/mol. The Morgan fingerprint density at radius 3 is 3.09 bits per heavy atom. The van der Waals surface area contributed by atoms with E-state index in [0.29, 0.717) is 12.0 Å². The molecule has 0 aromatic carbocycles. The van der Waals surface area contributed by atoms with Gasteiger partial charge < -0.3 is 5.32 Å². The average Bonchev–Trinajstić information content (AvgIpc) is 2.45. The SMILES string of the molecule is C[C@@H]1CN[C@@H](C)c2sccc21. The van der Waals surface area contributed by atoms with Crippen molar-refractivity contribution in [1.82, 2.24) is 5.32 Å². The molecular formula is C9H13NS. The third kappa shape index (κ3) is 1.10. The fourth-order valence-corrected chi connectivity index (χ4v) is 2.70. The highest BCUT2D eigenvalue weighted by molar-refractivity contribution is 7.10. The van der Waals surface area contributed by atoms with Crippen LogP contribution >= 0.6 is 11.3 Å².